The first-order valence-electron chi connectivity index (χ1n) is 11.9. The molecule has 0 N–H and O–H groups in total. The predicted octanol–water partition coefficient (Wildman–Crippen LogP) is 6.11. The number of thioether (sulfide) groups is 1. The van der Waals surface area contributed by atoms with Gasteiger partial charge in [-0.3, -0.25) is 9.69 Å². The molecular weight excluding hydrogens is 521 g/mol. The summed E-state index contributed by atoms with van der Waals surface area (Å²) in [4.78, 5) is 15.1. The van der Waals surface area contributed by atoms with Gasteiger partial charge < -0.3 is 9.47 Å². The minimum Gasteiger partial charge on any atom is -0.489 e. The van der Waals surface area contributed by atoms with Crippen LogP contribution < -0.4 is 4.74 Å². The van der Waals surface area contributed by atoms with Crippen molar-refractivity contribution in [1.29, 1.82) is 0 Å². The van der Waals surface area contributed by atoms with Crippen molar-refractivity contribution in [1.82, 2.24) is 14.7 Å². The molecule has 1 saturated heterocycles. The number of rotatable bonds is 9. The molecular formula is C29H24FN3O3S2. The number of thiocarbonyl (C=S) groups is 1. The maximum Gasteiger partial charge on any atom is 0.266 e. The first kappa shape index (κ1) is 25.8. The second-order valence-corrected chi connectivity index (χ2v) is 10.2. The smallest absolute Gasteiger partial charge is 0.266 e. The third-order valence-corrected chi connectivity index (χ3v) is 7.27. The molecule has 192 valence electrons. The monoisotopic (exact) mass is 545 g/mol. The summed E-state index contributed by atoms with van der Waals surface area (Å²) in [5.74, 6) is 0.266. The summed E-state index contributed by atoms with van der Waals surface area (Å²) in [6.45, 7) is 1.15. The molecule has 9 heteroatoms. The molecule has 1 aliphatic heterocycles. The van der Waals surface area contributed by atoms with Crippen LogP contribution in [0.15, 0.2) is 90.0 Å². The fraction of sp³-hybridized carbons (Fsp3) is 0.138. The Kier molecular flexibility index (Phi) is 7.97. The summed E-state index contributed by atoms with van der Waals surface area (Å²) >= 11 is 6.71. The lowest BCUT2D eigenvalue weighted by Crippen LogP contribution is -2.31. The van der Waals surface area contributed by atoms with Crippen molar-refractivity contribution in [2.24, 2.45) is 0 Å². The van der Waals surface area contributed by atoms with Gasteiger partial charge in [0, 0.05) is 24.4 Å². The standard InChI is InChI=1S/C29H24FN3O3S2/c1-35-16-15-32-28(34)26(38-29(32)37)17-22-18-33(24-5-3-2-4-6-24)31-27(22)21-9-13-25(14-10-21)36-19-20-7-11-23(30)12-8-20/h2-14,17-18H,15-16,19H2,1H3/b26-17-. The molecule has 1 aromatic heterocycles. The first-order chi connectivity index (χ1) is 18.5. The van der Waals surface area contributed by atoms with Gasteiger partial charge >= 0.3 is 0 Å². The van der Waals surface area contributed by atoms with E-state index < -0.39 is 0 Å². The van der Waals surface area contributed by atoms with Crippen molar-refractivity contribution >= 4 is 40.3 Å². The van der Waals surface area contributed by atoms with Crippen molar-refractivity contribution in [3.63, 3.8) is 0 Å². The molecule has 4 aromatic rings. The summed E-state index contributed by atoms with van der Waals surface area (Å²) in [6, 6.07) is 23.6. The minimum atomic E-state index is -0.277. The number of benzene rings is 3. The van der Waals surface area contributed by atoms with Gasteiger partial charge in [-0.15, -0.1) is 0 Å². The summed E-state index contributed by atoms with van der Waals surface area (Å²) in [6.07, 6.45) is 3.75. The summed E-state index contributed by atoms with van der Waals surface area (Å²) < 4.78 is 26.4. The highest BCUT2D eigenvalue weighted by Gasteiger charge is 2.32. The Morgan fingerprint density at radius 2 is 1.76 bits per heavy atom. The molecule has 3 aromatic carbocycles. The first-order valence-corrected chi connectivity index (χ1v) is 13.1. The number of halogens is 1. The molecule has 1 amide bonds. The molecule has 1 fully saturated rings. The zero-order valence-electron chi connectivity index (χ0n) is 20.5. The number of para-hydroxylation sites is 1. The van der Waals surface area contributed by atoms with E-state index in [1.54, 1.807) is 28.8 Å². The number of hydrogen-bond acceptors (Lipinski definition) is 6. The molecule has 5 rings (SSSR count). The predicted molar refractivity (Wildman–Crippen MR) is 151 cm³/mol. The summed E-state index contributed by atoms with van der Waals surface area (Å²) in [7, 11) is 1.59. The Labute approximate surface area is 229 Å². The Morgan fingerprint density at radius 1 is 1.03 bits per heavy atom. The maximum absolute atomic E-state index is 13.1. The van der Waals surface area contributed by atoms with Crippen LogP contribution in [0.5, 0.6) is 5.75 Å². The van der Waals surface area contributed by atoms with Crippen LogP contribution in [-0.4, -0.2) is 45.2 Å². The van der Waals surface area contributed by atoms with Crippen molar-refractivity contribution in [3.05, 3.63) is 107 Å². The molecule has 0 unspecified atom stereocenters. The number of nitrogens with zero attached hydrogens (tertiary/aromatic N) is 3. The van der Waals surface area contributed by atoms with Crippen LogP contribution in [0.25, 0.3) is 23.0 Å². The second kappa shape index (κ2) is 11.7. The molecule has 0 spiro atoms. The van der Waals surface area contributed by atoms with Crippen LogP contribution in [0.3, 0.4) is 0 Å². The van der Waals surface area contributed by atoms with Gasteiger partial charge in [0.05, 0.1) is 29.4 Å². The van der Waals surface area contributed by atoms with E-state index in [1.807, 2.05) is 66.9 Å². The van der Waals surface area contributed by atoms with Gasteiger partial charge in [-0.25, -0.2) is 9.07 Å². The molecule has 0 radical (unpaired) electrons. The normalized spacial score (nSPS) is 14.5. The minimum absolute atomic E-state index is 0.139. The molecule has 0 saturated carbocycles. The molecule has 38 heavy (non-hydrogen) atoms. The van der Waals surface area contributed by atoms with E-state index in [0.717, 1.165) is 28.1 Å². The summed E-state index contributed by atoms with van der Waals surface area (Å²) in [5.41, 5.74) is 4.17. The van der Waals surface area contributed by atoms with Crippen LogP contribution >= 0.6 is 24.0 Å². The highest BCUT2D eigenvalue weighted by atomic mass is 32.2. The Balaban J connectivity index is 1.43. The van der Waals surface area contributed by atoms with Crippen LogP contribution in [0.1, 0.15) is 11.1 Å². The third-order valence-electron chi connectivity index (χ3n) is 5.89. The molecule has 1 aliphatic rings. The number of carbonyl (C=O) groups excluding carboxylic acids is 1. The average molecular weight is 546 g/mol. The number of hydrogen-bond donors (Lipinski definition) is 0. The lowest BCUT2D eigenvalue weighted by Gasteiger charge is -2.12. The van der Waals surface area contributed by atoms with Gasteiger partial charge in [-0.2, -0.15) is 5.10 Å². The Hall–Kier alpha value is -3.79. The van der Waals surface area contributed by atoms with Crippen LogP contribution in [0, 0.1) is 5.82 Å². The lowest BCUT2D eigenvalue weighted by molar-refractivity contribution is -0.122. The van der Waals surface area contributed by atoms with Crippen LogP contribution in [0.2, 0.25) is 0 Å². The van der Waals surface area contributed by atoms with E-state index in [-0.39, 0.29) is 11.7 Å². The Morgan fingerprint density at radius 3 is 2.47 bits per heavy atom. The van der Waals surface area contributed by atoms with E-state index in [0.29, 0.717) is 34.7 Å². The second-order valence-electron chi connectivity index (χ2n) is 8.48. The lowest BCUT2D eigenvalue weighted by atomic mass is 10.1. The number of amides is 1. The van der Waals surface area contributed by atoms with Crippen LogP contribution in [0.4, 0.5) is 4.39 Å². The highest BCUT2D eigenvalue weighted by Crippen LogP contribution is 2.35. The largest absolute Gasteiger partial charge is 0.489 e. The van der Waals surface area contributed by atoms with Gasteiger partial charge in [-0.05, 0) is 60.2 Å². The average Bonchev–Trinajstić information content (AvgIpc) is 3.48. The van der Waals surface area contributed by atoms with Gasteiger partial charge in [0.1, 0.15) is 22.5 Å². The zero-order valence-corrected chi connectivity index (χ0v) is 22.2. The van der Waals surface area contributed by atoms with Gasteiger partial charge in [0.15, 0.2) is 0 Å². The van der Waals surface area contributed by atoms with Gasteiger partial charge in [-0.1, -0.05) is 54.3 Å². The fourth-order valence-electron chi connectivity index (χ4n) is 3.90. The van der Waals surface area contributed by atoms with Crippen molar-refractivity contribution in [2.45, 2.75) is 6.61 Å². The summed E-state index contributed by atoms with van der Waals surface area (Å²) in [5, 5.41) is 4.85. The molecule has 6 nitrogen and oxygen atoms in total. The van der Waals surface area contributed by atoms with Crippen molar-refractivity contribution in [2.75, 3.05) is 20.3 Å². The maximum atomic E-state index is 13.1. The number of methoxy groups -OCH3 is 1. The number of carbonyl (C=O) groups is 1. The third kappa shape index (κ3) is 5.85. The quantitative estimate of drug-likeness (QED) is 0.187. The number of ether oxygens (including phenoxy) is 2. The van der Waals surface area contributed by atoms with Crippen molar-refractivity contribution in [3.8, 4) is 22.7 Å². The molecule has 0 aliphatic carbocycles. The van der Waals surface area contributed by atoms with Gasteiger partial charge in [0.2, 0.25) is 0 Å². The zero-order chi connectivity index (χ0) is 26.5. The highest BCUT2D eigenvalue weighted by molar-refractivity contribution is 8.26. The van der Waals surface area contributed by atoms with Crippen molar-refractivity contribution < 1.29 is 18.7 Å². The van der Waals surface area contributed by atoms with E-state index in [9.17, 15) is 9.18 Å². The molecule has 0 atom stereocenters. The number of aromatic nitrogens is 2. The van der Waals surface area contributed by atoms with Crippen LogP contribution in [-0.2, 0) is 16.1 Å². The SMILES string of the molecule is COCCN1C(=O)/C(=C/c2cn(-c3ccccc3)nc2-c2ccc(OCc3ccc(F)cc3)cc2)SC1=S. The topological polar surface area (TPSA) is 56.6 Å². The van der Waals surface area contributed by atoms with E-state index >= 15 is 0 Å². The van der Waals surface area contributed by atoms with E-state index in [4.69, 9.17) is 26.8 Å². The van der Waals surface area contributed by atoms with E-state index in [1.165, 1.54) is 23.9 Å². The van der Waals surface area contributed by atoms with Gasteiger partial charge in [0.25, 0.3) is 5.91 Å². The molecule has 0 bridgehead atoms. The fourth-order valence-corrected chi connectivity index (χ4v) is 5.20. The Bertz CT molecular complexity index is 1470. The van der Waals surface area contributed by atoms with E-state index in [2.05, 4.69) is 0 Å². The molecule has 2 heterocycles.